The molecule has 0 saturated heterocycles. The minimum atomic E-state index is -4.59. The fourth-order valence-corrected chi connectivity index (χ4v) is 3.97. The Hall–Kier alpha value is -4.24. The van der Waals surface area contributed by atoms with Crippen molar-refractivity contribution < 1.29 is 33.0 Å². The molecule has 1 aliphatic rings. The van der Waals surface area contributed by atoms with Gasteiger partial charge in [0.2, 0.25) is 0 Å². The normalized spacial score (nSPS) is 14.8. The summed E-state index contributed by atoms with van der Waals surface area (Å²) in [5, 5.41) is 21.6. The number of hydrogen-bond acceptors (Lipinski definition) is 4. The number of aryl methyl sites for hydroxylation is 2. The first-order valence-electron chi connectivity index (χ1n) is 10.9. The van der Waals surface area contributed by atoms with Gasteiger partial charge in [0.25, 0.3) is 5.91 Å². The quantitative estimate of drug-likeness (QED) is 0.250. The number of fused-ring (bicyclic) bond motifs is 1. The van der Waals surface area contributed by atoms with Gasteiger partial charge < -0.3 is 15.5 Å². The number of rotatable bonds is 5. The smallest absolute Gasteiger partial charge is 0.416 e. The van der Waals surface area contributed by atoms with E-state index < -0.39 is 28.6 Å². The third kappa shape index (κ3) is 5.17. The minimum absolute atomic E-state index is 0.0872. The van der Waals surface area contributed by atoms with Crippen LogP contribution in [0.5, 0.6) is 5.75 Å². The van der Waals surface area contributed by atoms with Crippen LogP contribution >= 0.6 is 11.6 Å². The molecule has 0 fully saturated rings. The third-order valence-corrected chi connectivity index (χ3v) is 6.20. The van der Waals surface area contributed by atoms with Crippen molar-refractivity contribution in [2.24, 2.45) is 0 Å². The summed E-state index contributed by atoms with van der Waals surface area (Å²) < 4.78 is 40.4. The molecule has 0 saturated carbocycles. The van der Waals surface area contributed by atoms with Crippen molar-refractivity contribution in [3.63, 3.8) is 0 Å². The molecule has 1 heterocycles. The van der Waals surface area contributed by atoms with Gasteiger partial charge in [-0.05, 0) is 73.0 Å². The van der Waals surface area contributed by atoms with Crippen LogP contribution in [-0.2, 0) is 15.8 Å². The van der Waals surface area contributed by atoms with E-state index in [4.69, 9.17) is 16.7 Å². The number of phenols is 1. The number of aromatic hydroxyl groups is 1. The van der Waals surface area contributed by atoms with E-state index in [1.807, 2.05) is 13.8 Å². The van der Waals surface area contributed by atoms with Crippen molar-refractivity contribution in [1.82, 2.24) is 0 Å². The molecule has 37 heavy (non-hydrogen) atoms. The Morgan fingerprint density at radius 2 is 1.76 bits per heavy atom. The highest BCUT2D eigenvalue weighted by molar-refractivity contribution is 6.43. The van der Waals surface area contributed by atoms with E-state index in [9.17, 15) is 27.9 Å². The Balaban J connectivity index is 1.75. The van der Waals surface area contributed by atoms with Crippen LogP contribution in [0.4, 0.5) is 30.2 Å². The molecule has 0 atom stereocenters. The Labute approximate surface area is 214 Å². The van der Waals surface area contributed by atoms with Crippen molar-refractivity contribution >= 4 is 52.2 Å². The summed E-state index contributed by atoms with van der Waals surface area (Å²) in [5.41, 5.74) is 2.36. The fourth-order valence-electron chi connectivity index (χ4n) is 3.84. The van der Waals surface area contributed by atoms with Gasteiger partial charge in [-0.15, -0.1) is 0 Å². The summed E-state index contributed by atoms with van der Waals surface area (Å²) in [7, 11) is 0. The van der Waals surface area contributed by atoms with Crippen LogP contribution in [0.2, 0.25) is 0 Å². The van der Waals surface area contributed by atoms with Gasteiger partial charge in [0, 0.05) is 17.5 Å². The zero-order valence-corrected chi connectivity index (χ0v) is 20.3. The fraction of sp³-hybridized carbons (Fsp3) is 0.111. The van der Waals surface area contributed by atoms with E-state index in [2.05, 4.69) is 5.32 Å². The van der Waals surface area contributed by atoms with Crippen LogP contribution in [-0.4, -0.2) is 22.1 Å². The molecule has 10 heteroatoms. The molecule has 190 valence electrons. The van der Waals surface area contributed by atoms with Crippen LogP contribution in [0.3, 0.4) is 0 Å². The number of amides is 1. The van der Waals surface area contributed by atoms with E-state index in [1.54, 1.807) is 18.2 Å². The van der Waals surface area contributed by atoms with Gasteiger partial charge >= 0.3 is 12.1 Å². The molecule has 0 spiro atoms. The number of carboxylic acids is 1. The number of nitrogens with one attached hydrogen (secondary N) is 1. The van der Waals surface area contributed by atoms with Gasteiger partial charge in [0.1, 0.15) is 10.8 Å². The zero-order chi connectivity index (χ0) is 27.1. The predicted octanol–water partition coefficient (Wildman–Crippen LogP) is 6.82. The molecule has 1 aliphatic heterocycles. The average Bonchev–Trinajstić information content (AvgIpc) is 3.10. The number of carbonyl (C=O) groups is 2. The van der Waals surface area contributed by atoms with Crippen LogP contribution in [0.25, 0.3) is 11.6 Å². The number of phenolic OH excluding ortho intramolecular Hbond substituents is 1. The molecule has 0 unspecified atom stereocenters. The summed E-state index contributed by atoms with van der Waals surface area (Å²) >= 11 is 5.62. The number of halogens is 4. The van der Waals surface area contributed by atoms with Crippen LogP contribution < -0.4 is 10.2 Å². The summed E-state index contributed by atoms with van der Waals surface area (Å²) in [6, 6.07) is 12.5. The molecule has 0 radical (unpaired) electrons. The summed E-state index contributed by atoms with van der Waals surface area (Å²) in [5.74, 6) is -2.13. The Kier molecular flexibility index (Phi) is 6.75. The van der Waals surface area contributed by atoms with E-state index in [0.29, 0.717) is 11.3 Å². The number of carboxylic acid groups (broad SMARTS) is 1. The first-order chi connectivity index (χ1) is 17.4. The van der Waals surface area contributed by atoms with E-state index in [1.165, 1.54) is 35.4 Å². The molecular formula is C27H20ClF3N2O4. The summed E-state index contributed by atoms with van der Waals surface area (Å²) in [4.78, 5) is 25.6. The predicted molar refractivity (Wildman–Crippen MR) is 136 cm³/mol. The van der Waals surface area contributed by atoms with E-state index in [-0.39, 0.29) is 28.3 Å². The zero-order valence-electron chi connectivity index (χ0n) is 19.5. The first-order valence-corrected chi connectivity index (χ1v) is 11.3. The second-order valence-corrected chi connectivity index (χ2v) is 8.82. The van der Waals surface area contributed by atoms with Gasteiger partial charge in [-0.3, -0.25) is 9.69 Å². The molecule has 0 bridgehead atoms. The molecule has 1 amide bonds. The topological polar surface area (TPSA) is 89.9 Å². The number of benzene rings is 3. The first kappa shape index (κ1) is 25.8. The Morgan fingerprint density at radius 3 is 2.38 bits per heavy atom. The number of anilines is 3. The number of aliphatic carboxylic acids is 1. The SMILES string of the molecule is Cc1ccc(N2C(=O)/C(=C\Nc3ccc(/C=C(\Cl)C(=O)O)cc3O)c3ccc(C(F)(F)F)cc32)cc1C. The van der Waals surface area contributed by atoms with E-state index >= 15 is 0 Å². The van der Waals surface area contributed by atoms with E-state index in [0.717, 1.165) is 29.3 Å². The highest BCUT2D eigenvalue weighted by atomic mass is 35.5. The summed E-state index contributed by atoms with van der Waals surface area (Å²) in [6.45, 7) is 3.73. The molecule has 3 aromatic carbocycles. The molecule has 0 aromatic heterocycles. The Morgan fingerprint density at radius 1 is 1.03 bits per heavy atom. The van der Waals surface area contributed by atoms with Crippen molar-refractivity contribution in [3.8, 4) is 5.75 Å². The lowest BCUT2D eigenvalue weighted by atomic mass is 10.0. The average molecular weight is 529 g/mol. The van der Waals surface area contributed by atoms with Crippen molar-refractivity contribution in [2.75, 3.05) is 10.2 Å². The maximum absolute atomic E-state index is 13.5. The second kappa shape index (κ2) is 9.67. The maximum Gasteiger partial charge on any atom is 0.416 e. The van der Waals surface area contributed by atoms with Gasteiger partial charge in [0.05, 0.1) is 22.5 Å². The maximum atomic E-state index is 13.5. The van der Waals surface area contributed by atoms with Crippen molar-refractivity contribution in [1.29, 1.82) is 0 Å². The Bertz CT molecular complexity index is 1500. The lowest BCUT2D eigenvalue weighted by Crippen LogP contribution is -2.21. The van der Waals surface area contributed by atoms with Crippen LogP contribution in [0.1, 0.15) is 27.8 Å². The molecular weight excluding hydrogens is 509 g/mol. The van der Waals surface area contributed by atoms with Gasteiger partial charge in [0.15, 0.2) is 0 Å². The number of nitrogens with zero attached hydrogens (tertiary/aromatic N) is 1. The molecule has 4 rings (SSSR count). The van der Waals surface area contributed by atoms with Crippen molar-refractivity contribution in [2.45, 2.75) is 20.0 Å². The van der Waals surface area contributed by atoms with Crippen molar-refractivity contribution in [3.05, 3.63) is 93.6 Å². The molecule has 3 N–H and O–H groups in total. The number of hydrogen-bond donors (Lipinski definition) is 3. The number of alkyl halides is 3. The van der Waals surface area contributed by atoms with Crippen LogP contribution in [0, 0.1) is 13.8 Å². The molecule has 0 aliphatic carbocycles. The van der Waals surface area contributed by atoms with Gasteiger partial charge in [-0.2, -0.15) is 13.2 Å². The molecule has 6 nitrogen and oxygen atoms in total. The molecule has 3 aromatic rings. The lowest BCUT2D eigenvalue weighted by molar-refractivity contribution is -0.137. The minimum Gasteiger partial charge on any atom is -0.506 e. The standard InChI is InChI=1S/C27H20ClF3N2O4/c1-14-3-6-18(9-15(14)2)33-23-12-17(27(29,30)31)5-7-19(23)20(25(33)35)13-32-22-8-4-16(11-24(22)34)10-21(28)26(36)37/h3-13,32,34H,1-2H3,(H,36,37)/b20-13-,21-10-. The highest BCUT2D eigenvalue weighted by Crippen LogP contribution is 2.44. The highest BCUT2D eigenvalue weighted by Gasteiger charge is 2.38. The van der Waals surface area contributed by atoms with Gasteiger partial charge in [-0.25, -0.2) is 4.79 Å². The largest absolute Gasteiger partial charge is 0.506 e. The second-order valence-electron chi connectivity index (χ2n) is 8.42. The van der Waals surface area contributed by atoms with Gasteiger partial charge in [-0.1, -0.05) is 29.8 Å². The third-order valence-electron chi connectivity index (χ3n) is 5.93. The van der Waals surface area contributed by atoms with Crippen LogP contribution in [0.15, 0.2) is 65.8 Å². The summed E-state index contributed by atoms with van der Waals surface area (Å²) in [6.07, 6.45) is -2.13. The lowest BCUT2D eigenvalue weighted by Gasteiger charge is -2.19. The number of carbonyl (C=O) groups excluding carboxylic acids is 1. The monoisotopic (exact) mass is 528 g/mol.